The highest BCUT2D eigenvalue weighted by molar-refractivity contribution is 6.06. The molecule has 46 heavy (non-hydrogen) atoms. The van der Waals surface area contributed by atoms with E-state index in [1.165, 1.54) is 16.7 Å². The van der Waals surface area contributed by atoms with Gasteiger partial charge < -0.3 is 25.8 Å². The lowest BCUT2D eigenvalue weighted by Gasteiger charge is -2.20. The predicted molar refractivity (Wildman–Crippen MR) is 169 cm³/mol. The van der Waals surface area contributed by atoms with Crippen molar-refractivity contribution in [3.05, 3.63) is 141 Å². The lowest BCUT2D eigenvalue weighted by atomic mass is 9.98. The SMILES string of the molecule is Cc1ccc(C(=O)N[C@@H](C(=O)Nc2ccc3c(c2)C(/C=C2\CN=CN2)C(=O)N3)c2ccccc2)c(=O)n1Cc1ccc(F)c(F)c1. The first-order valence-corrected chi connectivity index (χ1v) is 14.4. The van der Waals surface area contributed by atoms with Crippen LogP contribution in [0.2, 0.25) is 0 Å². The molecule has 232 valence electrons. The number of rotatable bonds is 8. The molecule has 0 saturated heterocycles. The van der Waals surface area contributed by atoms with Gasteiger partial charge in [0.05, 0.1) is 25.3 Å². The molecule has 2 aliphatic rings. The monoisotopic (exact) mass is 622 g/mol. The molecular formula is C34H28F2N6O4. The first-order chi connectivity index (χ1) is 22.2. The Balaban J connectivity index is 1.25. The van der Waals surface area contributed by atoms with E-state index in [0.29, 0.717) is 40.3 Å². The second kappa shape index (κ2) is 12.6. The van der Waals surface area contributed by atoms with Crippen LogP contribution >= 0.6 is 0 Å². The van der Waals surface area contributed by atoms with E-state index in [9.17, 15) is 28.0 Å². The fraction of sp³-hybridized carbons (Fsp3) is 0.147. The summed E-state index contributed by atoms with van der Waals surface area (Å²) >= 11 is 0. The first-order valence-electron chi connectivity index (χ1n) is 14.4. The van der Waals surface area contributed by atoms with E-state index in [2.05, 4.69) is 26.3 Å². The smallest absolute Gasteiger partial charge is 0.263 e. The number of halogens is 2. The lowest BCUT2D eigenvalue weighted by molar-refractivity contribution is -0.118. The second-order valence-electron chi connectivity index (χ2n) is 10.9. The minimum Gasteiger partial charge on any atom is -0.349 e. The van der Waals surface area contributed by atoms with E-state index >= 15 is 0 Å². The van der Waals surface area contributed by atoms with Crippen LogP contribution in [0.3, 0.4) is 0 Å². The van der Waals surface area contributed by atoms with Crippen molar-refractivity contribution in [2.24, 2.45) is 4.99 Å². The third-order valence-corrected chi connectivity index (χ3v) is 7.80. The van der Waals surface area contributed by atoms with Gasteiger partial charge in [-0.3, -0.25) is 24.2 Å². The van der Waals surface area contributed by atoms with Crippen molar-refractivity contribution in [2.75, 3.05) is 17.2 Å². The highest BCUT2D eigenvalue weighted by Gasteiger charge is 2.31. The number of pyridine rings is 1. The van der Waals surface area contributed by atoms with E-state index < -0.39 is 41.0 Å². The van der Waals surface area contributed by atoms with Crippen molar-refractivity contribution in [1.29, 1.82) is 0 Å². The molecule has 1 aromatic heterocycles. The van der Waals surface area contributed by atoms with Gasteiger partial charge in [-0.2, -0.15) is 0 Å². The topological polar surface area (TPSA) is 134 Å². The number of carbonyl (C=O) groups is 3. The molecule has 3 aromatic carbocycles. The fourth-order valence-electron chi connectivity index (χ4n) is 5.38. The van der Waals surface area contributed by atoms with Crippen LogP contribution in [-0.2, 0) is 16.1 Å². The van der Waals surface area contributed by atoms with Crippen molar-refractivity contribution in [3.63, 3.8) is 0 Å². The summed E-state index contributed by atoms with van der Waals surface area (Å²) in [5.74, 6) is -4.22. The Morgan fingerprint density at radius 3 is 2.57 bits per heavy atom. The maximum absolute atomic E-state index is 13.8. The van der Waals surface area contributed by atoms with Crippen LogP contribution in [0.4, 0.5) is 20.2 Å². The van der Waals surface area contributed by atoms with Gasteiger partial charge in [0.25, 0.3) is 17.4 Å². The minimum atomic E-state index is -1.19. The average molecular weight is 623 g/mol. The molecule has 3 heterocycles. The predicted octanol–water partition coefficient (Wildman–Crippen LogP) is 4.14. The maximum Gasteiger partial charge on any atom is 0.263 e. The van der Waals surface area contributed by atoms with Crippen LogP contribution in [-0.4, -0.2) is 35.2 Å². The van der Waals surface area contributed by atoms with Gasteiger partial charge in [-0.1, -0.05) is 36.4 Å². The van der Waals surface area contributed by atoms with Crippen LogP contribution in [0.1, 0.15) is 44.7 Å². The zero-order valence-electron chi connectivity index (χ0n) is 24.5. The van der Waals surface area contributed by atoms with Crippen molar-refractivity contribution in [2.45, 2.75) is 25.4 Å². The molecule has 3 amide bonds. The number of aromatic nitrogens is 1. The van der Waals surface area contributed by atoms with Crippen molar-refractivity contribution < 1.29 is 23.2 Å². The molecule has 0 saturated carbocycles. The Morgan fingerprint density at radius 2 is 1.83 bits per heavy atom. The van der Waals surface area contributed by atoms with E-state index in [1.807, 2.05) is 0 Å². The number of fused-ring (bicyclic) bond motifs is 1. The summed E-state index contributed by atoms with van der Waals surface area (Å²) in [6.07, 6.45) is 3.35. The van der Waals surface area contributed by atoms with Gasteiger partial charge in [-0.25, -0.2) is 8.78 Å². The van der Waals surface area contributed by atoms with Gasteiger partial charge in [0.1, 0.15) is 11.6 Å². The summed E-state index contributed by atoms with van der Waals surface area (Å²) in [6.45, 7) is 1.99. The summed E-state index contributed by atoms with van der Waals surface area (Å²) in [4.78, 5) is 57.5. The van der Waals surface area contributed by atoms with Gasteiger partial charge >= 0.3 is 0 Å². The van der Waals surface area contributed by atoms with Gasteiger partial charge in [0, 0.05) is 22.8 Å². The van der Waals surface area contributed by atoms with Crippen LogP contribution < -0.4 is 26.8 Å². The number of aryl methyl sites for hydroxylation is 1. The summed E-state index contributed by atoms with van der Waals surface area (Å²) < 4.78 is 28.5. The standard InChI is InChI=1S/C34H28F2N6O4/c1-19-7-10-24(34(46)42(19)17-20-8-11-27(35)28(36)13-20)31(43)41-30(21-5-3-2-4-6-21)33(45)39-22-9-12-29-25(14-22)26(32(44)40-29)15-23-16-37-18-38-23/h2-15,18,26,30H,16-17H2,1H3,(H,37,38)(H,39,45)(H,40,44)(H,41,43)/b23-15+/t26?,30-/m1/s1. The van der Waals surface area contributed by atoms with E-state index in [1.54, 1.807) is 73.9 Å². The van der Waals surface area contributed by atoms with Crippen molar-refractivity contribution in [3.8, 4) is 0 Å². The highest BCUT2D eigenvalue weighted by Crippen LogP contribution is 2.36. The molecule has 0 aliphatic carbocycles. The molecule has 4 aromatic rings. The van der Waals surface area contributed by atoms with Crippen LogP contribution in [0.15, 0.2) is 100 Å². The number of carbonyl (C=O) groups excluding carboxylic acids is 3. The molecule has 0 radical (unpaired) electrons. The quantitative estimate of drug-likeness (QED) is 0.235. The molecule has 4 N–H and O–H groups in total. The molecule has 6 rings (SSSR count). The summed E-state index contributed by atoms with van der Waals surface area (Å²) in [5, 5.41) is 11.4. The normalized spacial score (nSPS) is 16.5. The number of amides is 3. The molecule has 12 heteroatoms. The number of nitrogens with one attached hydrogen (secondary N) is 4. The number of aliphatic imine (C=N–C) groups is 1. The summed E-state index contributed by atoms with van der Waals surface area (Å²) in [6, 6.07) is 18.6. The Morgan fingerprint density at radius 1 is 1.02 bits per heavy atom. The van der Waals surface area contributed by atoms with Gasteiger partial charge in [0.15, 0.2) is 11.6 Å². The second-order valence-corrected chi connectivity index (χ2v) is 10.9. The summed E-state index contributed by atoms with van der Waals surface area (Å²) in [5.41, 5.74) is 2.89. The Kier molecular flexibility index (Phi) is 8.25. The zero-order chi connectivity index (χ0) is 32.4. The Bertz CT molecular complexity index is 1980. The van der Waals surface area contributed by atoms with Crippen molar-refractivity contribution in [1.82, 2.24) is 15.2 Å². The largest absolute Gasteiger partial charge is 0.349 e. The third-order valence-electron chi connectivity index (χ3n) is 7.80. The van der Waals surface area contributed by atoms with E-state index in [-0.39, 0.29) is 18.0 Å². The van der Waals surface area contributed by atoms with E-state index in [0.717, 1.165) is 17.8 Å². The first kappa shape index (κ1) is 30.1. The Labute approximate surface area is 261 Å². The fourth-order valence-corrected chi connectivity index (χ4v) is 5.38. The van der Waals surface area contributed by atoms with Gasteiger partial charge in [-0.15, -0.1) is 0 Å². The van der Waals surface area contributed by atoms with Gasteiger partial charge in [-0.05, 0) is 72.2 Å². The molecule has 0 spiro atoms. The zero-order valence-corrected chi connectivity index (χ0v) is 24.5. The molecule has 0 fully saturated rings. The van der Waals surface area contributed by atoms with E-state index in [4.69, 9.17) is 0 Å². The lowest BCUT2D eigenvalue weighted by Crippen LogP contribution is -2.40. The average Bonchev–Trinajstić information content (AvgIpc) is 3.67. The number of hydrogen-bond acceptors (Lipinski definition) is 6. The van der Waals surface area contributed by atoms with Crippen LogP contribution in [0.25, 0.3) is 0 Å². The number of hydrogen-bond donors (Lipinski definition) is 4. The molecule has 0 bridgehead atoms. The molecule has 1 unspecified atom stereocenters. The highest BCUT2D eigenvalue weighted by atomic mass is 19.2. The third kappa shape index (κ3) is 6.18. The number of anilines is 2. The number of benzene rings is 3. The maximum atomic E-state index is 13.8. The minimum absolute atomic E-state index is 0.0952. The van der Waals surface area contributed by atoms with Gasteiger partial charge in [0.2, 0.25) is 5.91 Å². The van der Waals surface area contributed by atoms with Crippen LogP contribution in [0, 0.1) is 18.6 Å². The van der Waals surface area contributed by atoms with Crippen molar-refractivity contribution >= 4 is 35.4 Å². The molecule has 10 nitrogen and oxygen atoms in total. The molecule has 2 atom stereocenters. The molecule has 2 aliphatic heterocycles. The molecular weight excluding hydrogens is 594 g/mol. The Hall–Kier alpha value is -5.91. The van der Waals surface area contributed by atoms with Crippen LogP contribution in [0.5, 0.6) is 0 Å². The number of nitrogens with zero attached hydrogens (tertiary/aromatic N) is 2. The summed E-state index contributed by atoms with van der Waals surface area (Å²) in [7, 11) is 0.